The van der Waals surface area contributed by atoms with Gasteiger partial charge in [-0.05, 0) is 30.7 Å². The number of ether oxygens (including phenoxy) is 1. The first kappa shape index (κ1) is 20.6. The van der Waals surface area contributed by atoms with Gasteiger partial charge in [0.15, 0.2) is 0 Å². The minimum absolute atomic E-state index is 0.111. The summed E-state index contributed by atoms with van der Waals surface area (Å²) >= 11 is 0. The number of benzene rings is 1. The smallest absolute Gasteiger partial charge is 0.227 e. The number of carbonyl (C=O) groups excluding carboxylic acids is 1. The summed E-state index contributed by atoms with van der Waals surface area (Å²) in [5, 5.41) is 3.22. The van der Waals surface area contributed by atoms with Crippen molar-refractivity contribution in [3.05, 3.63) is 66.1 Å². The van der Waals surface area contributed by atoms with Crippen LogP contribution >= 0.6 is 0 Å². The van der Waals surface area contributed by atoms with Gasteiger partial charge in [-0.15, -0.1) is 0 Å². The Hall–Kier alpha value is -3.68. The van der Waals surface area contributed by atoms with Crippen LogP contribution in [0.2, 0.25) is 0 Å². The molecule has 0 radical (unpaired) electrons. The van der Waals surface area contributed by atoms with Crippen molar-refractivity contribution in [1.29, 1.82) is 0 Å². The van der Waals surface area contributed by atoms with Crippen LogP contribution in [0.25, 0.3) is 0 Å². The molecule has 1 aliphatic rings. The van der Waals surface area contributed by atoms with Gasteiger partial charge in [-0.3, -0.25) is 4.79 Å². The summed E-state index contributed by atoms with van der Waals surface area (Å²) in [5.74, 6) is 3.13. The lowest BCUT2D eigenvalue weighted by Gasteiger charge is -2.35. The number of amides is 1. The zero-order valence-corrected chi connectivity index (χ0v) is 17.8. The van der Waals surface area contributed by atoms with E-state index in [0.29, 0.717) is 25.3 Å². The fourth-order valence-corrected chi connectivity index (χ4v) is 3.63. The van der Waals surface area contributed by atoms with Gasteiger partial charge >= 0.3 is 0 Å². The predicted octanol–water partition coefficient (Wildman–Crippen LogP) is 2.82. The highest BCUT2D eigenvalue weighted by molar-refractivity contribution is 5.79. The average Bonchev–Trinajstić information content (AvgIpc) is 2.80. The van der Waals surface area contributed by atoms with E-state index in [9.17, 15) is 4.79 Å². The van der Waals surface area contributed by atoms with Gasteiger partial charge < -0.3 is 19.9 Å². The second-order valence-corrected chi connectivity index (χ2v) is 7.46. The van der Waals surface area contributed by atoms with Gasteiger partial charge in [-0.1, -0.05) is 18.2 Å². The number of aryl methyl sites for hydroxylation is 1. The number of pyridine rings is 1. The maximum atomic E-state index is 12.8. The summed E-state index contributed by atoms with van der Waals surface area (Å²) < 4.78 is 5.37. The molecule has 1 saturated heterocycles. The largest absolute Gasteiger partial charge is 0.496 e. The first-order valence-electron chi connectivity index (χ1n) is 10.3. The molecular formula is C23H26N6O2. The predicted molar refractivity (Wildman–Crippen MR) is 120 cm³/mol. The monoisotopic (exact) mass is 418 g/mol. The zero-order chi connectivity index (χ0) is 21.6. The lowest BCUT2D eigenvalue weighted by Crippen LogP contribution is -2.49. The average molecular weight is 419 g/mol. The number of aromatic nitrogens is 3. The molecule has 1 N–H and O–H groups in total. The van der Waals surface area contributed by atoms with Crippen LogP contribution in [-0.4, -0.2) is 59.0 Å². The molecule has 1 aromatic carbocycles. The molecule has 1 amide bonds. The fraction of sp³-hybridized carbons (Fsp3) is 0.304. The van der Waals surface area contributed by atoms with Crippen molar-refractivity contribution in [3.8, 4) is 5.75 Å². The van der Waals surface area contributed by atoms with Crippen LogP contribution in [0.5, 0.6) is 5.75 Å². The van der Waals surface area contributed by atoms with Crippen molar-refractivity contribution in [2.24, 2.45) is 0 Å². The summed E-state index contributed by atoms with van der Waals surface area (Å²) in [6.45, 7) is 4.76. The molecule has 160 valence electrons. The lowest BCUT2D eigenvalue weighted by atomic mass is 10.1. The van der Waals surface area contributed by atoms with Crippen molar-refractivity contribution >= 4 is 23.4 Å². The van der Waals surface area contributed by atoms with E-state index in [1.165, 1.54) is 0 Å². The first-order valence-corrected chi connectivity index (χ1v) is 10.3. The number of piperazine rings is 1. The Kier molecular flexibility index (Phi) is 6.26. The summed E-state index contributed by atoms with van der Waals surface area (Å²) in [6.07, 6.45) is 3.66. The molecule has 2 aromatic heterocycles. The third kappa shape index (κ3) is 5.09. The number of rotatable bonds is 6. The number of nitrogens with zero attached hydrogens (tertiary/aromatic N) is 5. The number of nitrogens with one attached hydrogen (secondary N) is 1. The Morgan fingerprint density at radius 2 is 1.81 bits per heavy atom. The SMILES string of the molecule is COc1ccccc1CC(=O)N1CCN(c2cc(Nc3cc(C)ccn3)ncn2)CC1. The zero-order valence-electron chi connectivity index (χ0n) is 17.8. The van der Waals surface area contributed by atoms with Crippen LogP contribution in [0.1, 0.15) is 11.1 Å². The fourth-order valence-electron chi connectivity index (χ4n) is 3.63. The van der Waals surface area contributed by atoms with Gasteiger partial charge in [0, 0.05) is 44.0 Å². The highest BCUT2D eigenvalue weighted by atomic mass is 16.5. The maximum absolute atomic E-state index is 12.8. The number of para-hydroxylation sites is 1. The second kappa shape index (κ2) is 9.42. The number of anilines is 3. The molecule has 0 atom stereocenters. The van der Waals surface area contributed by atoms with Crippen LogP contribution in [-0.2, 0) is 11.2 Å². The Morgan fingerprint density at radius 3 is 2.58 bits per heavy atom. The van der Waals surface area contributed by atoms with E-state index in [0.717, 1.165) is 41.6 Å². The summed E-state index contributed by atoms with van der Waals surface area (Å²) in [7, 11) is 1.63. The van der Waals surface area contributed by atoms with Crippen molar-refractivity contribution in [1.82, 2.24) is 19.9 Å². The summed E-state index contributed by atoms with van der Waals surface area (Å²) in [4.78, 5) is 29.9. The van der Waals surface area contributed by atoms with Gasteiger partial charge in [0.25, 0.3) is 0 Å². The van der Waals surface area contributed by atoms with Crippen LogP contribution in [0.4, 0.5) is 17.5 Å². The third-order valence-corrected chi connectivity index (χ3v) is 5.31. The molecule has 0 spiro atoms. The summed E-state index contributed by atoms with van der Waals surface area (Å²) in [6, 6.07) is 13.5. The van der Waals surface area contributed by atoms with E-state index < -0.39 is 0 Å². The van der Waals surface area contributed by atoms with Crippen molar-refractivity contribution < 1.29 is 9.53 Å². The molecule has 3 heterocycles. The molecule has 0 unspecified atom stereocenters. The second-order valence-electron chi connectivity index (χ2n) is 7.46. The standard InChI is InChI=1S/C23H26N6O2/c1-17-7-8-24-20(13-17)27-21-15-22(26-16-25-21)28-9-11-29(12-10-28)23(30)14-18-5-3-4-6-19(18)31-2/h3-8,13,15-16H,9-12,14H2,1-2H3,(H,24,25,26,27). The molecule has 1 aliphatic heterocycles. The number of methoxy groups -OCH3 is 1. The Labute approximate surface area is 181 Å². The molecule has 8 nitrogen and oxygen atoms in total. The van der Waals surface area contributed by atoms with E-state index >= 15 is 0 Å². The van der Waals surface area contributed by atoms with Crippen molar-refractivity contribution in [2.75, 3.05) is 43.5 Å². The van der Waals surface area contributed by atoms with Crippen LogP contribution in [0.3, 0.4) is 0 Å². The maximum Gasteiger partial charge on any atom is 0.227 e. The Bertz CT molecular complexity index is 1050. The highest BCUT2D eigenvalue weighted by Crippen LogP contribution is 2.21. The first-order chi connectivity index (χ1) is 15.1. The number of hydrogen-bond donors (Lipinski definition) is 1. The van der Waals surface area contributed by atoms with Gasteiger partial charge in [-0.2, -0.15) is 0 Å². The molecule has 0 bridgehead atoms. The molecule has 31 heavy (non-hydrogen) atoms. The van der Waals surface area contributed by atoms with Gasteiger partial charge in [-0.25, -0.2) is 15.0 Å². The van der Waals surface area contributed by atoms with E-state index in [1.54, 1.807) is 19.6 Å². The quantitative estimate of drug-likeness (QED) is 0.659. The minimum atomic E-state index is 0.111. The van der Waals surface area contributed by atoms with E-state index in [4.69, 9.17) is 4.74 Å². The molecule has 4 rings (SSSR count). The van der Waals surface area contributed by atoms with Crippen LogP contribution < -0.4 is 15.0 Å². The van der Waals surface area contributed by atoms with Crippen LogP contribution in [0, 0.1) is 6.92 Å². The Morgan fingerprint density at radius 1 is 1.03 bits per heavy atom. The summed E-state index contributed by atoms with van der Waals surface area (Å²) in [5.41, 5.74) is 2.04. The molecule has 1 fully saturated rings. The molecule has 0 saturated carbocycles. The van der Waals surface area contributed by atoms with Gasteiger partial charge in [0.2, 0.25) is 5.91 Å². The topological polar surface area (TPSA) is 83.5 Å². The van der Waals surface area contributed by atoms with Gasteiger partial charge in [0.1, 0.15) is 29.5 Å². The van der Waals surface area contributed by atoms with E-state index in [2.05, 4.69) is 25.2 Å². The third-order valence-electron chi connectivity index (χ3n) is 5.31. The van der Waals surface area contributed by atoms with E-state index in [-0.39, 0.29) is 5.91 Å². The van der Waals surface area contributed by atoms with Gasteiger partial charge in [0.05, 0.1) is 13.5 Å². The Balaban J connectivity index is 1.36. The normalized spacial score (nSPS) is 13.7. The molecule has 8 heteroatoms. The van der Waals surface area contributed by atoms with E-state index in [1.807, 2.05) is 54.3 Å². The molecular weight excluding hydrogens is 392 g/mol. The highest BCUT2D eigenvalue weighted by Gasteiger charge is 2.23. The lowest BCUT2D eigenvalue weighted by molar-refractivity contribution is -0.130. The number of hydrogen-bond acceptors (Lipinski definition) is 7. The number of carbonyl (C=O) groups is 1. The molecule has 0 aliphatic carbocycles. The minimum Gasteiger partial charge on any atom is -0.496 e. The molecule has 3 aromatic rings. The van der Waals surface area contributed by atoms with Crippen molar-refractivity contribution in [2.45, 2.75) is 13.3 Å². The van der Waals surface area contributed by atoms with Crippen molar-refractivity contribution in [3.63, 3.8) is 0 Å². The van der Waals surface area contributed by atoms with Crippen LogP contribution in [0.15, 0.2) is 55.0 Å².